The molecule has 0 radical (unpaired) electrons. The van der Waals surface area contributed by atoms with Crippen LogP contribution in [-0.2, 0) is 16.2 Å². The molecule has 2 heterocycles. The van der Waals surface area contributed by atoms with Gasteiger partial charge in [-0.2, -0.15) is 0 Å². The maximum Gasteiger partial charge on any atom is 0.164 e. The number of nitrogens with zero attached hydrogens (tertiary/aromatic N) is 1. The Labute approximate surface area is 186 Å². The zero-order chi connectivity index (χ0) is 22.3. The molecule has 0 atom stereocenters. The molecule has 0 aliphatic carbocycles. The number of aromatic nitrogens is 2. The van der Waals surface area contributed by atoms with Crippen LogP contribution in [0.4, 0.5) is 0 Å². The van der Waals surface area contributed by atoms with Crippen LogP contribution in [0.3, 0.4) is 0 Å². The molecule has 4 rings (SSSR count). The fraction of sp³-hybridized carbons (Fsp3) is 0.0741. The van der Waals surface area contributed by atoms with Crippen molar-refractivity contribution < 1.29 is 14.3 Å². The summed E-state index contributed by atoms with van der Waals surface area (Å²) in [5.41, 5.74) is 4.18. The average molecular weight is 422 g/mol. The largest absolute Gasteiger partial charge is 0.487 e. The fourth-order valence-corrected chi connectivity index (χ4v) is 3.40. The third-order valence-electron chi connectivity index (χ3n) is 5.01. The minimum atomic E-state index is -0.308. The van der Waals surface area contributed by atoms with E-state index in [4.69, 9.17) is 4.74 Å². The molecule has 32 heavy (non-hydrogen) atoms. The summed E-state index contributed by atoms with van der Waals surface area (Å²) in [4.78, 5) is 31.8. The van der Waals surface area contributed by atoms with Gasteiger partial charge in [-0.25, -0.2) is 0 Å². The van der Waals surface area contributed by atoms with Crippen LogP contribution >= 0.6 is 0 Å². The zero-order valence-corrected chi connectivity index (χ0v) is 17.5. The first-order chi connectivity index (χ1) is 15.6. The summed E-state index contributed by atoms with van der Waals surface area (Å²) < 4.78 is 5.92. The van der Waals surface area contributed by atoms with Crippen LogP contribution in [0, 0.1) is 0 Å². The number of rotatable bonds is 9. The second kappa shape index (κ2) is 9.71. The van der Waals surface area contributed by atoms with E-state index in [2.05, 4.69) is 16.5 Å². The number of pyridine rings is 1. The molecule has 0 unspecified atom stereocenters. The lowest BCUT2D eigenvalue weighted by Gasteiger charge is -2.12. The summed E-state index contributed by atoms with van der Waals surface area (Å²) in [7, 11) is 0. The molecule has 0 aliphatic rings. The Hall–Kier alpha value is -4.25. The Kier molecular flexibility index (Phi) is 6.37. The van der Waals surface area contributed by atoms with Crippen molar-refractivity contribution in [3.05, 3.63) is 115 Å². The molecule has 2 aromatic carbocycles. The molecule has 158 valence electrons. The number of nitrogens with one attached hydrogen (secondary N) is 1. The summed E-state index contributed by atoms with van der Waals surface area (Å²) in [6.45, 7) is 3.78. The molecule has 0 saturated carbocycles. The molecular weight excluding hydrogens is 400 g/mol. The van der Waals surface area contributed by atoms with Gasteiger partial charge in [-0.3, -0.25) is 14.6 Å². The van der Waals surface area contributed by atoms with Crippen molar-refractivity contribution in [2.45, 2.75) is 13.0 Å². The fourth-order valence-electron chi connectivity index (χ4n) is 3.40. The van der Waals surface area contributed by atoms with Crippen molar-refractivity contribution in [3.8, 4) is 5.75 Å². The normalized spacial score (nSPS) is 11.3. The van der Waals surface area contributed by atoms with Gasteiger partial charge in [0.25, 0.3) is 0 Å². The Bertz CT molecular complexity index is 1300. The highest BCUT2D eigenvalue weighted by Crippen LogP contribution is 2.29. The van der Waals surface area contributed by atoms with E-state index >= 15 is 0 Å². The van der Waals surface area contributed by atoms with Gasteiger partial charge in [-0.1, -0.05) is 36.9 Å². The molecular formula is C27H22N2O3. The number of fused-ring (bicyclic) bond motifs is 1. The monoisotopic (exact) mass is 422 g/mol. The van der Waals surface area contributed by atoms with E-state index in [0.717, 1.165) is 27.7 Å². The topological polar surface area (TPSA) is 72.1 Å². The van der Waals surface area contributed by atoms with E-state index < -0.39 is 0 Å². The highest BCUT2D eigenvalue weighted by atomic mass is 16.5. The summed E-state index contributed by atoms with van der Waals surface area (Å²) in [6.07, 6.45) is 6.07. The molecule has 5 heteroatoms. The van der Waals surface area contributed by atoms with Crippen LogP contribution < -0.4 is 4.74 Å². The van der Waals surface area contributed by atoms with Gasteiger partial charge in [-0.15, -0.1) is 0 Å². The number of ketones is 2. The Morgan fingerprint density at radius 3 is 2.66 bits per heavy atom. The number of carbonyl (C=O) groups excluding carboxylic acids is 2. The zero-order valence-electron chi connectivity index (χ0n) is 17.5. The molecule has 0 spiro atoms. The number of hydrogen-bond donors (Lipinski definition) is 1. The van der Waals surface area contributed by atoms with Crippen LogP contribution in [0.1, 0.15) is 23.2 Å². The lowest BCUT2D eigenvalue weighted by Crippen LogP contribution is -2.04. The van der Waals surface area contributed by atoms with Gasteiger partial charge in [-0.05, 0) is 70.6 Å². The number of benzene rings is 2. The van der Waals surface area contributed by atoms with Gasteiger partial charge >= 0.3 is 0 Å². The highest BCUT2D eigenvalue weighted by Gasteiger charge is 2.12. The summed E-state index contributed by atoms with van der Waals surface area (Å²) >= 11 is 0. The lowest BCUT2D eigenvalue weighted by atomic mass is 9.95. The maximum atomic E-state index is 12.6. The van der Waals surface area contributed by atoms with Crippen LogP contribution in [-0.4, -0.2) is 21.5 Å². The van der Waals surface area contributed by atoms with Crippen molar-refractivity contribution in [2.24, 2.45) is 0 Å². The molecule has 0 bridgehead atoms. The highest BCUT2D eigenvalue weighted by molar-refractivity contribution is 6.12. The molecule has 0 fully saturated rings. The van der Waals surface area contributed by atoms with E-state index in [9.17, 15) is 9.59 Å². The van der Waals surface area contributed by atoms with Crippen molar-refractivity contribution in [1.29, 1.82) is 0 Å². The van der Waals surface area contributed by atoms with Gasteiger partial charge < -0.3 is 9.72 Å². The van der Waals surface area contributed by atoms with Crippen molar-refractivity contribution in [3.63, 3.8) is 0 Å². The summed E-state index contributed by atoms with van der Waals surface area (Å²) in [5, 5.41) is 1.08. The predicted octanol–water partition coefficient (Wildman–Crippen LogP) is 5.29. The SMILES string of the molecule is C=CC(=O)CC(=O)/C=C(\c1cccc(OCc2ccccn2)c1)c1ccc2cc[nH]c2c1. The van der Waals surface area contributed by atoms with Crippen LogP contribution in [0.2, 0.25) is 0 Å². The Morgan fingerprint density at radius 1 is 0.969 bits per heavy atom. The lowest BCUT2D eigenvalue weighted by molar-refractivity contribution is -0.121. The minimum Gasteiger partial charge on any atom is -0.487 e. The Balaban J connectivity index is 1.68. The molecule has 5 nitrogen and oxygen atoms in total. The third kappa shape index (κ3) is 5.08. The second-order valence-corrected chi connectivity index (χ2v) is 7.29. The van der Waals surface area contributed by atoms with E-state index in [1.807, 2.05) is 72.9 Å². The van der Waals surface area contributed by atoms with Crippen molar-refractivity contribution in [2.75, 3.05) is 0 Å². The first kappa shape index (κ1) is 21.0. The molecule has 0 amide bonds. The van der Waals surface area contributed by atoms with Gasteiger partial charge in [0.2, 0.25) is 0 Å². The number of carbonyl (C=O) groups is 2. The van der Waals surface area contributed by atoms with Crippen molar-refractivity contribution in [1.82, 2.24) is 9.97 Å². The minimum absolute atomic E-state index is 0.215. The number of hydrogen-bond acceptors (Lipinski definition) is 4. The molecule has 2 aromatic heterocycles. The van der Waals surface area contributed by atoms with Gasteiger partial charge in [0.05, 0.1) is 12.1 Å². The molecule has 0 saturated heterocycles. The number of allylic oxidation sites excluding steroid dienone is 2. The van der Waals surface area contributed by atoms with E-state index in [-0.39, 0.29) is 18.0 Å². The molecule has 4 aromatic rings. The Morgan fingerprint density at radius 2 is 1.84 bits per heavy atom. The maximum absolute atomic E-state index is 12.6. The van der Waals surface area contributed by atoms with E-state index in [1.54, 1.807) is 6.20 Å². The number of ether oxygens (including phenoxy) is 1. The van der Waals surface area contributed by atoms with Crippen LogP contribution in [0.15, 0.2) is 97.9 Å². The van der Waals surface area contributed by atoms with E-state index in [1.165, 1.54) is 12.2 Å². The van der Waals surface area contributed by atoms with Crippen molar-refractivity contribution >= 4 is 28.0 Å². The van der Waals surface area contributed by atoms with Gasteiger partial charge in [0.15, 0.2) is 11.6 Å². The number of H-pyrrole nitrogens is 1. The standard InChI is InChI=1S/C27H22N2O3/c1-2-23(30)16-24(31)17-26(21-10-9-19-11-13-29-27(19)15-21)20-6-5-8-25(14-20)32-18-22-7-3-4-12-28-22/h2-15,17,29H,1,16,18H2/b26-17+. The third-order valence-corrected chi connectivity index (χ3v) is 5.01. The summed E-state index contributed by atoms with van der Waals surface area (Å²) in [5.74, 6) is 0.0729. The first-order valence-corrected chi connectivity index (χ1v) is 10.2. The molecule has 0 aliphatic heterocycles. The van der Waals surface area contributed by atoms with Crippen LogP contribution in [0.5, 0.6) is 5.75 Å². The van der Waals surface area contributed by atoms with Gasteiger partial charge in [0, 0.05) is 17.9 Å². The van der Waals surface area contributed by atoms with Gasteiger partial charge in [0.1, 0.15) is 12.4 Å². The second-order valence-electron chi connectivity index (χ2n) is 7.29. The summed E-state index contributed by atoms with van der Waals surface area (Å²) in [6, 6.07) is 21.2. The smallest absolute Gasteiger partial charge is 0.164 e. The molecule has 1 N–H and O–H groups in total. The average Bonchev–Trinajstić information content (AvgIpc) is 3.30. The number of aromatic amines is 1. The predicted molar refractivity (Wildman–Crippen MR) is 125 cm³/mol. The first-order valence-electron chi connectivity index (χ1n) is 10.2. The quantitative estimate of drug-likeness (QED) is 0.294. The van der Waals surface area contributed by atoms with Crippen LogP contribution in [0.25, 0.3) is 16.5 Å². The van der Waals surface area contributed by atoms with E-state index in [0.29, 0.717) is 17.9 Å².